The molecular weight excluding hydrogens is 540 g/mol. The van der Waals surface area contributed by atoms with Gasteiger partial charge < -0.3 is 25.2 Å². The maximum Gasteiger partial charge on any atom is 0.407 e. The molecule has 0 radical (unpaired) electrons. The standard InChI is InChI=1S/C35H48N4O4/c40-32-31(18-10-11-22-36-34(42)43-27-30-16-8-3-9-17-30)37-33(41)35(39(32)26-29-14-6-2-7-15-29)20-24-38(25-21-35)23-19-28-12-4-1-5-13-28/h1,3-5,8-9,12-13,16-17,29,31H,2,6-7,10-11,14-15,18-27H2,(H,36,42)(H,37,41)/t31-/m0/s1. The Balaban J connectivity index is 1.12. The Bertz CT molecular complexity index is 1180. The minimum absolute atomic E-state index is 0.0261. The summed E-state index contributed by atoms with van der Waals surface area (Å²) in [7, 11) is 0. The molecule has 43 heavy (non-hydrogen) atoms. The number of nitrogens with zero attached hydrogens (tertiary/aromatic N) is 2. The number of piperazine rings is 1. The van der Waals surface area contributed by atoms with Gasteiger partial charge in [-0.05, 0) is 68.4 Å². The first kappa shape index (κ1) is 31.0. The summed E-state index contributed by atoms with van der Waals surface area (Å²) in [6.07, 6.45) is 9.91. The fraction of sp³-hybridized carbons (Fsp3) is 0.571. The van der Waals surface area contributed by atoms with Crippen LogP contribution in [0, 0.1) is 5.92 Å². The van der Waals surface area contributed by atoms with Crippen LogP contribution in [-0.2, 0) is 27.4 Å². The van der Waals surface area contributed by atoms with E-state index in [-0.39, 0.29) is 18.4 Å². The Morgan fingerprint density at radius 3 is 2.28 bits per heavy atom. The molecule has 2 saturated heterocycles. The lowest BCUT2D eigenvalue weighted by molar-refractivity contribution is -0.162. The zero-order valence-corrected chi connectivity index (χ0v) is 25.5. The average molecular weight is 589 g/mol. The monoisotopic (exact) mass is 588 g/mol. The first-order chi connectivity index (χ1) is 21.0. The first-order valence-electron chi connectivity index (χ1n) is 16.4. The maximum absolute atomic E-state index is 14.0. The smallest absolute Gasteiger partial charge is 0.407 e. The number of ether oxygens (including phenoxy) is 1. The normalized spacial score (nSPS) is 21.0. The van der Waals surface area contributed by atoms with Crippen LogP contribution in [0.1, 0.15) is 75.3 Å². The Morgan fingerprint density at radius 1 is 0.907 bits per heavy atom. The van der Waals surface area contributed by atoms with Crippen LogP contribution in [-0.4, -0.2) is 72.0 Å². The van der Waals surface area contributed by atoms with Crippen LogP contribution in [0.25, 0.3) is 0 Å². The highest BCUT2D eigenvalue weighted by Gasteiger charge is 2.53. The number of unbranched alkanes of at least 4 members (excludes halogenated alkanes) is 1. The van der Waals surface area contributed by atoms with Crippen molar-refractivity contribution in [3.63, 3.8) is 0 Å². The fourth-order valence-electron chi connectivity index (χ4n) is 6.98. The third-order valence-electron chi connectivity index (χ3n) is 9.62. The highest BCUT2D eigenvalue weighted by atomic mass is 16.5. The van der Waals surface area contributed by atoms with Crippen molar-refractivity contribution < 1.29 is 19.1 Å². The van der Waals surface area contributed by atoms with Gasteiger partial charge >= 0.3 is 6.09 Å². The van der Waals surface area contributed by atoms with E-state index in [1.807, 2.05) is 41.3 Å². The molecule has 0 aromatic heterocycles. The van der Waals surface area contributed by atoms with Crippen molar-refractivity contribution in [1.29, 1.82) is 0 Å². The number of amides is 3. The van der Waals surface area contributed by atoms with Gasteiger partial charge in [0.15, 0.2) is 0 Å². The Kier molecular flexibility index (Phi) is 11.1. The van der Waals surface area contributed by atoms with Crippen LogP contribution in [0.15, 0.2) is 60.7 Å². The van der Waals surface area contributed by atoms with E-state index in [1.165, 1.54) is 24.8 Å². The molecule has 2 heterocycles. The van der Waals surface area contributed by atoms with E-state index in [0.717, 1.165) is 50.9 Å². The van der Waals surface area contributed by atoms with E-state index in [4.69, 9.17) is 4.74 Å². The summed E-state index contributed by atoms with van der Waals surface area (Å²) in [6.45, 7) is 4.02. The Morgan fingerprint density at radius 2 is 1.58 bits per heavy atom. The first-order valence-corrected chi connectivity index (χ1v) is 16.4. The van der Waals surface area contributed by atoms with Crippen LogP contribution in [0.2, 0.25) is 0 Å². The van der Waals surface area contributed by atoms with Crippen molar-refractivity contribution in [3.05, 3.63) is 71.8 Å². The molecule has 1 atom stereocenters. The molecule has 3 aliphatic rings. The summed E-state index contributed by atoms with van der Waals surface area (Å²) < 4.78 is 5.28. The second kappa shape index (κ2) is 15.4. The van der Waals surface area contributed by atoms with E-state index >= 15 is 0 Å². The van der Waals surface area contributed by atoms with Gasteiger partial charge in [0.2, 0.25) is 11.8 Å². The van der Waals surface area contributed by atoms with Gasteiger partial charge in [0.25, 0.3) is 0 Å². The molecule has 232 valence electrons. The van der Waals surface area contributed by atoms with Crippen molar-refractivity contribution in [2.45, 2.75) is 88.8 Å². The predicted molar refractivity (Wildman–Crippen MR) is 167 cm³/mol. The van der Waals surface area contributed by atoms with Gasteiger partial charge in [-0.1, -0.05) is 79.9 Å². The number of hydrogen-bond donors (Lipinski definition) is 2. The molecule has 1 aliphatic carbocycles. The highest BCUT2D eigenvalue weighted by Crippen LogP contribution is 2.36. The van der Waals surface area contributed by atoms with Crippen LogP contribution < -0.4 is 10.6 Å². The summed E-state index contributed by atoms with van der Waals surface area (Å²) in [6, 6.07) is 19.6. The Hall–Kier alpha value is -3.39. The van der Waals surface area contributed by atoms with Gasteiger partial charge in [-0.15, -0.1) is 0 Å². The van der Waals surface area contributed by atoms with Crippen LogP contribution in [0.4, 0.5) is 4.79 Å². The lowest BCUT2D eigenvalue weighted by Crippen LogP contribution is -2.73. The van der Waals surface area contributed by atoms with Gasteiger partial charge in [-0.3, -0.25) is 9.59 Å². The predicted octanol–water partition coefficient (Wildman–Crippen LogP) is 5.07. The summed E-state index contributed by atoms with van der Waals surface area (Å²) in [5, 5.41) is 5.94. The molecule has 0 unspecified atom stereocenters. The lowest BCUT2D eigenvalue weighted by Gasteiger charge is -2.52. The summed E-state index contributed by atoms with van der Waals surface area (Å²) in [4.78, 5) is 44.4. The Labute approximate surface area is 256 Å². The molecule has 1 saturated carbocycles. The second-order valence-electron chi connectivity index (χ2n) is 12.6. The number of likely N-dealkylation sites (tertiary alicyclic amines) is 1. The van der Waals surface area contributed by atoms with E-state index in [2.05, 4.69) is 39.8 Å². The number of carbonyl (C=O) groups is 3. The van der Waals surface area contributed by atoms with Gasteiger partial charge in [-0.2, -0.15) is 0 Å². The number of piperidine rings is 1. The fourth-order valence-corrected chi connectivity index (χ4v) is 6.98. The number of benzene rings is 2. The molecular formula is C35H48N4O4. The quantitative estimate of drug-likeness (QED) is 0.338. The minimum Gasteiger partial charge on any atom is -0.445 e. The van der Waals surface area contributed by atoms with Gasteiger partial charge in [-0.25, -0.2) is 4.79 Å². The van der Waals surface area contributed by atoms with E-state index < -0.39 is 17.7 Å². The van der Waals surface area contributed by atoms with Crippen molar-refractivity contribution in [3.8, 4) is 0 Å². The molecule has 2 aromatic carbocycles. The summed E-state index contributed by atoms with van der Waals surface area (Å²) in [5.74, 6) is 0.583. The van der Waals surface area contributed by atoms with Crippen molar-refractivity contribution >= 4 is 17.9 Å². The molecule has 2 N–H and O–H groups in total. The zero-order chi connectivity index (χ0) is 29.9. The van der Waals surface area contributed by atoms with Gasteiger partial charge in [0, 0.05) is 32.7 Å². The molecule has 5 rings (SSSR count). The van der Waals surface area contributed by atoms with E-state index in [9.17, 15) is 14.4 Å². The molecule has 8 heteroatoms. The second-order valence-corrected chi connectivity index (χ2v) is 12.6. The van der Waals surface area contributed by atoms with Crippen molar-refractivity contribution in [2.24, 2.45) is 5.92 Å². The molecule has 0 bridgehead atoms. The minimum atomic E-state index is -0.738. The lowest BCUT2D eigenvalue weighted by atomic mass is 9.79. The summed E-state index contributed by atoms with van der Waals surface area (Å²) in [5.41, 5.74) is 1.53. The number of rotatable bonds is 12. The topological polar surface area (TPSA) is 91.0 Å². The van der Waals surface area contributed by atoms with Crippen LogP contribution in [0.3, 0.4) is 0 Å². The van der Waals surface area contributed by atoms with E-state index in [0.29, 0.717) is 44.7 Å². The van der Waals surface area contributed by atoms with Gasteiger partial charge in [0.1, 0.15) is 18.2 Å². The maximum atomic E-state index is 14.0. The molecule has 8 nitrogen and oxygen atoms in total. The highest BCUT2D eigenvalue weighted by molar-refractivity contribution is 6.00. The third-order valence-corrected chi connectivity index (χ3v) is 9.62. The number of hydrogen-bond acceptors (Lipinski definition) is 5. The SMILES string of the molecule is O=C(NCCCC[C@@H]1NC(=O)C2(CCN(CCc3ccccc3)CC2)N(CC2CCCCC2)C1=O)OCc1ccccc1. The molecule has 2 aliphatic heterocycles. The zero-order valence-electron chi connectivity index (χ0n) is 25.5. The van der Waals surface area contributed by atoms with Crippen molar-refractivity contribution in [1.82, 2.24) is 20.4 Å². The molecule has 3 fully saturated rings. The van der Waals surface area contributed by atoms with Crippen LogP contribution >= 0.6 is 0 Å². The number of nitrogens with one attached hydrogen (secondary N) is 2. The molecule has 3 amide bonds. The largest absolute Gasteiger partial charge is 0.445 e. The van der Waals surface area contributed by atoms with Gasteiger partial charge in [0.05, 0.1) is 0 Å². The summed E-state index contributed by atoms with van der Waals surface area (Å²) >= 11 is 0. The number of carbonyl (C=O) groups excluding carboxylic acids is 3. The third kappa shape index (κ3) is 8.37. The van der Waals surface area contributed by atoms with Crippen LogP contribution in [0.5, 0.6) is 0 Å². The van der Waals surface area contributed by atoms with E-state index in [1.54, 1.807) is 0 Å². The average Bonchev–Trinajstić information content (AvgIpc) is 3.05. The number of alkyl carbamates (subject to hydrolysis) is 1. The molecule has 2 aromatic rings. The van der Waals surface area contributed by atoms with Crippen molar-refractivity contribution in [2.75, 3.05) is 32.7 Å². The molecule has 1 spiro atoms.